The normalized spacial score (nSPS) is 20.7. The number of nitrogens with zero attached hydrogens (tertiary/aromatic N) is 2. The van der Waals surface area contributed by atoms with Gasteiger partial charge in [0.15, 0.2) is 5.78 Å². The van der Waals surface area contributed by atoms with Gasteiger partial charge in [0.05, 0.1) is 22.4 Å². The zero-order valence-corrected chi connectivity index (χ0v) is 19.8. The maximum atomic E-state index is 13.8. The van der Waals surface area contributed by atoms with Crippen LogP contribution in [0.25, 0.3) is 0 Å². The van der Waals surface area contributed by atoms with E-state index in [9.17, 15) is 23.6 Å². The highest BCUT2D eigenvalue weighted by Gasteiger charge is 2.53. The van der Waals surface area contributed by atoms with Crippen LogP contribution in [-0.2, 0) is 9.59 Å². The second kappa shape index (κ2) is 10.2. The van der Waals surface area contributed by atoms with Crippen molar-refractivity contribution in [2.24, 2.45) is 11.8 Å². The molecule has 0 bridgehead atoms. The van der Waals surface area contributed by atoms with Gasteiger partial charge in [0.1, 0.15) is 11.9 Å². The Bertz CT molecular complexity index is 1100. The Morgan fingerprint density at radius 1 is 1.00 bits per heavy atom. The fourth-order valence-electron chi connectivity index (χ4n) is 4.76. The highest BCUT2D eigenvalue weighted by atomic mass is 35.5. The van der Waals surface area contributed by atoms with E-state index >= 15 is 0 Å². The molecule has 2 fully saturated rings. The fourth-order valence-corrected chi connectivity index (χ4v) is 5.18. The van der Waals surface area contributed by atoms with Crippen molar-refractivity contribution in [3.8, 4) is 0 Å². The zero-order valence-electron chi connectivity index (χ0n) is 18.3. The van der Waals surface area contributed by atoms with Gasteiger partial charge in [-0.05, 0) is 55.7 Å². The molecule has 1 saturated carbocycles. The van der Waals surface area contributed by atoms with E-state index in [1.807, 2.05) is 0 Å². The topological polar surface area (TPSA) is 74.8 Å². The predicted molar refractivity (Wildman–Crippen MR) is 125 cm³/mol. The summed E-state index contributed by atoms with van der Waals surface area (Å²) >= 11 is 12.3. The molecule has 1 aliphatic carbocycles. The first kappa shape index (κ1) is 24.4. The van der Waals surface area contributed by atoms with Crippen LogP contribution in [0.15, 0.2) is 48.5 Å². The number of carbonyl (C=O) groups is 4. The lowest BCUT2D eigenvalue weighted by Gasteiger charge is -2.36. The Morgan fingerprint density at radius 3 is 2.15 bits per heavy atom. The van der Waals surface area contributed by atoms with Crippen LogP contribution in [0.2, 0.25) is 5.02 Å². The number of halogens is 3. The molecule has 178 valence electrons. The van der Waals surface area contributed by atoms with Crippen molar-refractivity contribution in [1.29, 1.82) is 0 Å². The van der Waals surface area contributed by atoms with Gasteiger partial charge in [0, 0.05) is 11.4 Å². The lowest BCUT2D eigenvalue weighted by molar-refractivity contribution is -0.156. The van der Waals surface area contributed by atoms with Crippen LogP contribution in [0.1, 0.15) is 52.8 Å². The van der Waals surface area contributed by atoms with Gasteiger partial charge in [-0.3, -0.25) is 19.2 Å². The Labute approximate surface area is 206 Å². The van der Waals surface area contributed by atoms with Crippen LogP contribution in [0.5, 0.6) is 0 Å². The van der Waals surface area contributed by atoms with Gasteiger partial charge in [0.25, 0.3) is 17.7 Å². The molecule has 34 heavy (non-hydrogen) atoms. The van der Waals surface area contributed by atoms with E-state index in [1.54, 1.807) is 12.1 Å². The van der Waals surface area contributed by atoms with E-state index in [2.05, 4.69) is 0 Å². The molecule has 6 nitrogen and oxygen atoms in total. The van der Waals surface area contributed by atoms with Crippen LogP contribution in [0.4, 0.5) is 4.39 Å². The van der Waals surface area contributed by atoms with Crippen LogP contribution in [0.3, 0.4) is 0 Å². The number of fused-ring (bicyclic) bond motifs is 1. The third kappa shape index (κ3) is 4.46. The summed E-state index contributed by atoms with van der Waals surface area (Å²) in [6.07, 6.45) is 2.69. The highest BCUT2D eigenvalue weighted by molar-refractivity contribution is 6.34. The number of ketones is 1. The van der Waals surface area contributed by atoms with Gasteiger partial charge in [-0.1, -0.05) is 36.6 Å². The molecule has 0 spiro atoms. The summed E-state index contributed by atoms with van der Waals surface area (Å²) in [5.41, 5.74) is 0.177. The molecular weight excluding hydrogens is 482 g/mol. The number of hydrazine groups is 1. The number of imide groups is 1. The lowest BCUT2D eigenvalue weighted by atomic mass is 9.81. The highest BCUT2D eigenvalue weighted by Crippen LogP contribution is 2.40. The average molecular weight is 505 g/mol. The standard InChI is InChI=1S/C25H23Cl2FN2O4/c26-14-13-21(22(31)15-9-11-16(28)12-10-15)29(25(34)19-7-3-4-8-20(19)27)30-23(32)17-5-1-2-6-18(17)24(30)33/h3-4,7-12,17-18,21H,1-2,5-6,13-14H2/t17-,18+,21-/m0/s1. The third-order valence-corrected chi connectivity index (χ3v) is 7.00. The molecular formula is C25H23Cl2FN2O4. The summed E-state index contributed by atoms with van der Waals surface area (Å²) in [7, 11) is 0. The van der Waals surface area contributed by atoms with E-state index in [0.717, 1.165) is 35.0 Å². The summed E-state index contributed by atoms with van der Waals surface area (Å²) in [5, 5.41) is 1.89. The molecule has 1 saturated heterocycles. The molecule has 1 heterocycles. The van der Waals surface area contributed by atoms with Crippen molar-refractivity contribution in [1.82, 2.24) is 10.0 Å². The number of rotatable bonds is 7. The Kier molecular flexibility index (Phi) is 7.33. The van der Waals surface area contributed by atoms with Crippen LogP contribution < -0.4 is 0 Å². The van der Waals surface area contributed by atoms with Crippen molar-refractivity contribution < 1.29 is 23.6 Å². The van der Waals surface area contributed by atoms with Crippen molar-refractivity contribution >= 4 is 46.7 Å². The second-order valence-corrected chi connectivity index (χ2v) is 9.27. The van der Waals surface area contributed by atoms with E-state index in [1.165, 1.54) is 24.3 Å². The first-order chi connectivity index (χ1) is 16.3. The molecule has 9 heteroatoms. The number of hydrogen-bond donors (Lipinski definition) is 0. The monoisotopic (exact) mass is 504 g/mol. The maximum Gasteiger partial charge on any atom is 0.275 e. The summed E-state index contributed by atoms with van der Waals surface area (Å²) in [4.78, 5) is 54.1. The van der Waals surface area contributed by atoms with Crippen LogP contribution >= 0.6 is 23.2 Å². The fraction of sp³-hybridized carbons (Fsp3) is 0.360. The Hall–Kier alpha value is -2.77. The van der Waals surface area contributed by atoms with Gasteiger partial charge in [-0.25, -0.2) is 9.40 Å². The van der Waals surface area contributed by atoms with Crippen molar-refractivity contribution in [3.05, 3.63) is 70.5 Å². The Morgan fingerprint density at radius 2 is 1.59 bits per heavy atom. The molecule has 1 aliphatic heterocycles. The van der Waals surface area contributed by atoms with E-state index in [4.69, 9.17) is 23.2 Å². The van der Waals surface area contributed by atoms with E-state index in [-0.39, 0.29) is 28.5 Å². The summed E-state index contributed by atoms with van der Waals surface area (Å²) in [5.74, 6) is -3.91. The van der Waals surface area contributed by atoms with Crippen LogP contribution in [-0.4, -0.2) is 45.4 Å². The largest absolute Gasteiger partial charge is 0.292 e. The second-order valence-electron chi connectivity index (χ2n) is 8.48. The molecule has 0 radical (unpaired) electrons. The lowest BCUT2D eigenvalue weighted by Crippen LogP contribution is -2.57. The molecule has 4 rings (SSSR count). The molecule has 2 aliphatic rings. The molecule has 0 aromatic heterocycles. The van der Waals surface area contributed by atoms with Gasteiger partial charge in [-0.2, -0.15) is 5.01 Å². The number of Topliss-reactive ketones (excluding diaryl/α,β-unsaturated/α-hetero) is 1. The zero-order chi connectivity index (χ0) is 24.4. The van der Waals surface area contributed by atoms with Crippen molar-refractivity contribution in [2.45, 2.75) is 38.1 Å². The average Bonchev–Trinajstić information content (AvgIpc) is 3.09. The minimum atomic E-state index is -1.26. The number of benzene rings is 2. The summed E-state index contributed by atoms with van der Waals surface area (Å²) in [6, 6.07) is 9.81. The predicted octanol–water partition coefficient (Wildman–Crippen LogP) is 4.89. The first-order valence-electron chi connectivity index (χ1n) is 11.2. The minimum absolute atomic E-state index is 0.0209. The van der Waals surface area contributed by atoms with Crippen molar-refractivity contribution in [3.63, 3.8) is 0 Å². The molecule has 2 aromatic rings. The smallest absolute Gasteiger partial charge is 0.275 e. The molecule has 0 unspecified atom stereocenters. The quantitative estimate of drug-likeness (QED) is 0.305. The number of hydrogen-bond acceptors (Lipinski definition) is 4. The van der Waals surface area contributed by atoms with Crippen molar-refractivity contribution in [2.75, 3.05) is 5.88 Å². The Balaban J connectivity index is 1.82. The molecule has 2 aromatic carbocycles. The number of alkyl halides is 1. The van der Waals surface area contributed by atoms with E-state index in [0.29, 0.717) is 12.8 Å². The summed E-state index contributed by atoms with van der Waals surface area (Å²) in [6.45, 7) is 0. The van der Waals surface area contributed by atoms with Gasteiger partial charge in [-0.15, -0.1) is 11.6 Å². The van der Waals surface area contributed by atoms with E-state index < -0.39 is 47.2 Å². The molecule has 3 atom stereocenters. The number of carbonyl (C=O) groups excluding carboxylic acids is 4. The third-order valence-electron chi connectivity index (χ3n) is 6.45. The number of amides is 3. The maximum absolute atomic E-state index is 13.8. The van der Waals surface area contributed by atoms with Gasteiger partial charge < -0.3 is 0 Å². The molecule has 0 N–H and O–H groups in total. The first-order valence-corrected chi connectivity index (χ1v) is 12.1. The van der Waals surface area contributed by atoms with Crippen LogP contribution in [0, 0.1) is 17.7 Å². The van der Waals surface area contributed by atoms with Gasteiger partial charge >= 0.3 is 0 Å². The molecule has 3 amide bonds. The summed E-state index contributed by atoms with van der Waals surface area (Å²) < 4.78 is 13.5. The SMILES string of the molecule is O=C(c1ccc(F)cc1)[C@H](CCCl)N(C(=O)c1ccccc1Cl)N1C(=O)[C@H]2CCCC[C@H]2C1=O. The minimum Gasteiger partial charge on any atom is -0.292 e. The van der Waals surface area contributed by atoms with Gasteiger partial charge in [0.2, 0.25) is 0 Å².